The van der Waals surface area contributed by atoms with Crippen molar-refractivity contribution >= 4 is 17.7 Å². The van der Waals surface area contributed by atoms with Crippen LogP contribution in [0.1, 0.15) is 12.8 Å². The van der Waals surface area contributed by atoms with Crippen LogP contribution in [0.4, 0.5) is 0 Å². The molecule has 1 N–H and O–H groups in total. The number of nitrogens with zero attached hydrogens (tertiary/aromatic N) is 2. The maximum atomic E-state index is 11.6. The van der Waals surface area contributed by atoms with Crippen molar-refractivity contribution in [1.29, 1.82) is 0 Å². The van der Waals surface area contributed by atoms with Gasteiger partial charge in [0.25, 0.3) is 0 Å². The third-order valence-electron chi connectivity index (χ3n) is 3.21. The van der Waals surface area contributed by atoms with Gasteiger partial charge in [0.2, 0.25) is 17.7 Å². The minimum atomic E-state index is -0.530. The Bertz CT molecular complexity index is 355. The summed E-state index contributed by atoms with van der Waals surface area (Å²) in [7, 11) is 3.20. The lowest BCUT2D eigenvalue weighted by atomic mass is 10.2. The standard InChI is InChI=1S/C10H15N3O3/c1-12-4-3-6(9(12)15)11-7-5-8(14)13(2)10(7)16/h6-7,11H,3-5H2,1-2H3. The second-order valence-electron chi connectivity index (χ2n) is 4.32. The SMILES string of the molecule is CN1CCC(NC2CC(=O)N(C)C2=O)C1=O. The maximum Gasteiger partial charge on any atom is 0.246 e. The number of amides is 3. The highest BCUT2D eigenvalue weighted by Gasteiger charge is 2.40. The summed E-state index contributed by atoms with van der Waals surface area (Å²) < 4.78 is 0. The largest absolute Gasteiger partial charge is 0.344 e. The van der Waals surface area contributed by atoms with E-state index in [1.165, 1.54) is 7.05 Å². The van der Waals surface area contributed by atoms with Crippen molar-refractivity contribution in [3.05, 3.63) is 0 Å². The number of hydrogen-bond donors (Lipinski definition) is 1. The van der Waals surface area contributed by atoms with Gasteiger partial charge in [0.1, 0.15) is 0 Å². The Kier molecular flexibility index (Phi) is 2.67. The Hall–Kier alpha value is -1.43. The summed E-state index contributed by atoms with van der Waals surface area (Å²) in [5.41, 5.74) is 0. The predicted octanol–water partition coefficient (Wildman–Crippen LogP) is -1.44. The molecule has 2 aliphatic rings. The minimum Gasteiger partial charge on any atom is -0.344 e. The van der Waals surface area contributed by atoms with Gasteiger partial charge in [0, 0.05) is 20.6 Å². The summed E-state index contributed by atoms with van der Waals surface area (Å²) in [6.45, 7) is 0.696. The minimum absolute atomic E-state index is 0.00481. The van der Waals surface area contributed by atoms with Crippen LogP contribution in [-0.2, 0) is 14.4 Å². The van der Waals surface area contributed by atoms with E-state index in [1.807, 2.05) is 0 Å². The average Bonchev–Trinajstić information content (AvgIpc) is 2.68. The third kappa shape index (κ3) is 1.69. The van der Waals surface area contributed by atoms with Crippen LogP contribution in [0, 0.1) is 0 Å². The zero-order chi connectivity index (χ0) is 11.9. The second kappa shape index (κ2) is 3.86. The molecule has 2 saturated heterocycles. The van der Waals surface area contributed by atoms with Gasteiger partial charge in [-0.2, -0.15) is 0 Å². The van der Waals surface area contributed by atoms with E-state index in [0.29, 0.717) is 13.0 Å². The van der Waals surface area contributed by atoms with Crippen molar-refractivity contribution in [1.82, 2.24) is 15.1 Å². The molecular weight excluding hydrogens is 210 g/mol. The van der Waals surface area contributed by atoms with Crippen molar-refractivity contribution in [3.63, 3.8) is 0 Å². The van der Waals surface area contributed by atoms with E-state index in [0.717, 1.165) is 4.90 Å². The molecule has 0 aromatic rings. The average molecular weight is 225 g/mol. The molecule has 0 bridgehead atoms. The molecule has 2 fully saturated rings. The van der Waals surface area contributed by atoms with Crippen molar-refractivity contribution in [2.24, 2.45) is 0 Å². The Labute approximate surface area is 93.6 Å². The number of carbonyl (C=O) groups is 3. The summed E-state index contributed by atoms with van der Waals surface area (Å²) in [6.07, 6.45) is 0.847. The molecule has 0 aromatic heterocycles. The Balaban J connectivity index is 1.99. The van der Waals surface area contributed by atoms with Crippen LogP contribution in [0.15, 0.2) is 0 Å². The Morgan fingerprint density at radius 3 is 2.25 bits per heavy atom. The number of imide groups is 1. The number of hydrogen-bond acceptors (Lipinski definition) is 4. The van der Waals surface area contributed by atoms with Gasteiger partial charge in [-0.05, 0) is 6.42 Å². The van der Waals surface area contributed by atoms with E-state index in [9.17, 15) is 14.4 Å². The van der Waals surface area contributed by atoms with Gasteiger partial charge in [-0.15, -0.1) is 0 Å². The van der Waals surface area contributed by atoms with Crippen LogP contribution >= 0.6 is 0 Å². The number of carbonyl (C=O) groups excluding carboxylic acids is 3. The molecular formula is C10H15N3O3. The van der Waals surface area contributed by atoms with Crippen LogP contribution in [0.25, 0.3) is 0 Å². The number of likely N-dealkylation sites (tertiary alicyclic amines) is 2. The Morgan fingerprint density at radius 1 is 1.12 bits per heavy atom. The van der Waals surface area contributed by atoms with Gasteiger partial charge in [0.15, 0.2) is 0 Å². The monoisotopic (exact) mass is 225 g/mol. The van der Waals surface area contributed by atoms with Crippen LogP contribution in [0.3, 0.4) is 0 Å². The zero-order valence-electron chi connectivity index (χ0n) is 9.40. The molecule has 6 heteroatoms. The first-order valence-electron chi connectivity index (χ1n) is 5.32. The van der Waals surface area contributed by atoms with Crippen molar-refractivity contribution in [3.8, 4) is 0 Å². The lowest BCUT2D eigenvalue weighted by Crippen LogP contribution is -2.46. The molecule has 16 heavy (non-hydrogen) atoms. The van der Waals surface area contributed by atoms with Crippen molar-refractivity contribution in [2.45, 2.75) is 24.9 Å². The van der Waals surface area contributed by atoms with Gasteiger partial charge >= 0.3 is 0 Å². The molecule has 0 aromatic carbocycles. The van der Waals surface area contributed by atoms with E-state index in [2.05, 4.69) is 5.32 Å². The van der Waals surface area contributed by atoms with Gasteiger partial charge < -0.3 is 4.90 Å². The molecule has 2 atom stereocenters. The molecule has 0 aliphatic carbocycles. The molecule has 88 valence electrons. The highest BCUT2D eigenvalue weighted by Crippen LogP contribution is 2.15. The van der Waals surface area contributed by atoms with Crippen LogP contribution in [0.2, 0.25) is 0 Å². The lowest BCUT2D eigenvalue weighted by Gasteiger charge is -2.16. The van der Waals surface area contributed by atoms with Crippen molar-refractivity contribution < 1.29 is 14.4 Å². The number of likely N-dealkylation sites (N-methyl/N-ethyl adjacent to an activating group) is 2. The first kappa shape index (κ1) is 11.1. The van der Waals surface area contributed by atoms with Crippen LogP contribution < -0.4 is 5.32 Å². The van der Waals surface area contributed by atoms with E-state index < -0.39 is 6.04 Å². The Morgan fingerprint density at radius 2 is 1.81 bits per heavy atom. The summed E-state index contributed by atoms with van der Waals surface area (Å²) in [5, 5.41) is 2.97. The van der Waals surface area contributed by atoms with Crippen molar-refractivity contribution in [2.75, 3.05) is 20.6 Å². The quantitative estimate of drug-likeness (QED) is 0.585. The van der Waals surface area contributed by atoms with Gasteiger partial charge in [-0.1, -0.05) is 0 Å². The molecule has 0 saturated carbocycles. The highest BCUT2D eigenvalue weighted by atomic mass is 16.2. The maximum absolute atomic E-state index is 11.6. The summed E-state index contributed by atoms with van der Waals surface area (Å²) in [6, 6.07) is -0.851. The first-order chi connectivity index (χ1) is 7.50. The van der Waals surface area contributed by atoms with Crippen LogP contribution in [0.5, 0.6) is 0 Å². The van der Waals surface area contributed by atoms with Gasteiger partial charge in [-0.25, -0.2) is 0 Å². The highest BCUT2D eigenvalue weighted by molar-refractivity contribution is 6.05. The lowest BCUT2D eigenvalue weighted by molar-refractivity contribution is -0.137. The number of rotatable bonds is 2. The molecule has 2 aliphatic heterocycles. The van der Waals surface area contributed by atoms with E-state index >= 15 is 0 Å². The second-order valence-corrected chi connectivity index (χ2v) is 4.32. The summed E-state index contributed by atoms with van der Waals surface area (Å²) in [4.78, 5) is 37.2. The van der Waals surface area contributed by atoms with Crippen LogP contribution in [-0.4, -0.2) is 60.2 Å². The first-order valence-corrected chi connectivity index (χ1v) is 5.32. The third-order valence-corrected chi connectivity index (χ3v) is 3.21. The molecule has 0 spiro atoms. The molecule has 2 unspecified atom stereocenters. The topological polar surface area (TPSA) is 69.7 Å². The van der Waals surface area contributed by atoms with Gasteiger partial charge in [-0.3, -0.25) is 24.6 Å². The fourth-order valence-corrected chi connectivity index (χ4v) is 2.11. The fourth-order valence-electron chi connectivity index (χ4n) is 2.11. The van der Waals surface area contributed by atoms with E-state index in [1.54, 1.807) is 11.9 Å². The number of nitrogens with one attached hydrogen (secondary N) is 1. The predicted molar refractivity (Wildman–Crippen MR) is 55.4 cm³/mol. The zero-order valence-corrected chi connectivity index (χ0v) is 9.40. The molecule has 0 radical (unpaired) electrons. The molecule has 3 amide bonds. The summed E-state index contributed by atoms with van der Waals surface area (Å²) in [5.74, 6) is -0.441. The molecule has 2 heterocycles. The summed E-state index contributed by atoms with van der Waals surface area (Å²) >= 11 is 0. The van der Waals surface area contributed by atoms with Gasteiger partial charge in [0.05, 0.1) is 18.5 Å². The molecule has 2 rings (SSSR count). The molecule has 6 nitrogen and oxygen atoms in total. The smallest absolute Gasteiger partial charge is 0.246 e. The fraction of sp³-hybridized carbons (Fsp3) is 0.700. The normalized spacial score (nSPS) is 30.8. The van der Waals surface area contributed by atoms with E-state index in [4.69, 9.17) is 0 Å². The van der Waals surface area contributed by atoms with E-state index in [-0.39, 0.29) is 30.2 Å².